The zero-order valence-electron chi connectivity index (χ0n) is 12.2. The van der Waals surface area contributed by atoms with Crippen molar-refractivity contribution in [2.45, 2.75) is 37.1 Å². The molecule has 21 heavy (non-hydrogen) atoms. The molecule has 2 N–H and O–H groups in total. The van der Waals surface area contributed by atoms with Crippen LogP contribution < -0.4 is 10.0 Å². The van der Waals surface area contributed by atoms with Gasteiger partial charge < -0.3 is 5.32 Å². The van der Waals surface area contributed by atoms with Gasteiger partial charge in [0.2, 0.25) is 0 Å². The fourth-order valence-electron chi connectivity index (χ4n) is 1.82. The highest BCUT2D eigenvalue weighted by atomic mass is 32.2. The van der Waals surface area contributed by atoms with E-state index in [-0.39, 0.29) is 6.04 Å². The summed E-state index contributed by atoms with van der Waals surface area (Å²) < 4.78 is 27.8. The minimum atomic E-state index is -3.50. The summed E-state index contributed by atoms with van der Waals surface area (Å²) >= 11 is 2.78. The van der Waals surface area contributed by atoms with Crippen LogP contribution in [0, 0.1) is 0 Å². The maximum absolute atomic E-state index is 12.4. The van der Waals surface area contributed by atoms with E-state index in [2.05, 4.69) is 21.9 Å². The number of nitrogens with zero attached hydrogens (tertiary/aromatic N) is 1. The van der Waals surface area contributed by atoms with Gasteiger partial charge in [0, 0.05) is 17.6 Å². The fraction of sp³-hybridized carbons (Fsp3) is 0.462. The lowest BCUT2D eigenvalue weighted by atomic mass is 10.3. The van der Waals surface area contributed by atoms with Crippen LogP contribution in [0.3, 0.4) is 0 Å². The van der Waals surface area contributed by atoms with E-state index in [4.69, 9.17) is 0 Å². The molecule has 2 heterocycles. The largest absolute Gasteiger partial charge is 0.316 e. The molecule has 1 atom stereocenters. The van der Waals surface area contributed by atoms with Crippen LogP contribution >= 0.6 is 22.7 Å². The Hall–Kier alpha value is -0.800. The lowest BCUT2D eigenvalue weighted by molar-refractivity contribution is 0.568. The standard InChI is InChI=1S/C13H19N3O2S3/c1-4-11-7-15-13(20-11)9(2)16-21(17,18)12-5-10(6-14-3)8-19-12/h5,7-9,14,16H,4,6H2,1-3H3. The Morgan fingerprint density at radius 1 is 1.43 bits per heavy atom. The topological polar surface area (TPSA) is 71.1 Å². The summed E-state index contributed by atoms with van der Waals surface area (Å²) in [5.74, 6) is 0. The van der Waals surface area contributed by atoms with E-state index in [0.29, 0.717) is 10.8 Å². The van der Waals surface area contributed by atoms with Crippen molar-refractivity contribution in [3.63, 3.8) is 0 Å². The molecular formula is C13H19N3O2S3. The molecular weight excluding hydrogens is 326 g/mol. The number of aryl methyl sites for hydroxylation is 1. The van der Waals surface area contributed by atoms with E-state index >= 15 is 0 Å². The second-order valence-electron chi connectivity index (χ2n) is 4.67. The number of hydrogen-bond acceptors (Lipinski definition) is 6. The number of hydrogen-bond donors (Lipinski definition) is 2. The average Bonchev–Trinajstić information content (AvgIpc) is 3.07. The molecule has 0 spiro atoms. The summed E-state index contributed by atoms with van der Waals surface area (Å²) in [6.45, 7) is 4.53. The van der Waals surface area contributed by atoms with E-state index in [1.54, 1.807) is 23.6 Å². The lowest BCUT2D eigenvalue weighted by Gasteiger charge is -2.10. The number of nitrogens with one attached hydrogen (secondary N) is 2. The highest BCUT2D eigenvalue weighted by Gasteiger charge is 2.22. The van der Waals surface area contributed by atoms with Gasteiger partial charge in [0.1, 0.15) is 9.22 Å². The van der Waals surface area contributed by atoms with Gasteiger partial charge >= 0.3 is 0 Å². The van der Waals surface area contributed by atoms with Crippen molar-refractivity contribution in [3.05, 3.63) is 33.1 Å². The zero-order chi connectivity index (χ0) is 15.5. The predicted molar refractivity (Wildman–Crippen MR) is 87.3 cm³/mol. The van der Waals surface area contributed by atoms with Crippen LogP contribution in [0.25, 0.3) is 0 Å². The van der Waals surface area contributed by atoms with Crippen molar-refractivity contribution in [3.8, 4) is 0 Å². The van der Waals surface area contributed by atoms with Crippen LogP contribution in [0.1, 0.15) is 35.3 Å². The summed E-state index contributed by atoms with van der Waals surface area (Å²) in [6.07, 6.45) is 2.72. The molecule has 2 aromatic heterocycles. The van der Waals surface area contributed by atoms with E-state index in [1.807, 2.05) is 19.4 Å². The molecule has 0 aliphatic heterocycles. The van der Waals surface area contributed by atoms with Gasteiger partial charge in [-0.25, -0.2) is 18.1 Å². The van der Waals surface area contributed by atoms with Gasteiger partial charge in [-0.05, 0) is 37.4 Å². The molecule has 0 aliphatic carbocycles. The summed E-state index contributed by atoms with van der Waals surface area (Å²) in [6, 6.07) is 1.38. The van der Waals surface area contributed by atoms with Crippen LogP contribution in [0.2, 0.25) is 0 Å². The summed E-state index contributed by atoms with van der Waals surface area (Å²) in [5.41, 5.74) is 0.970. The van der Waals surface area contributed by atoms with E-state index in [9.17, 15) is 8.42 Å². The lowest BCUT2D eigenvalue weighted by Crippen LogP contribution is -2.26. The molecule has 0 saturated carbocycles. The Bertz CT molecular complexity index is 691. The van der Waals surface area contributed by atoms with Gasteiger partial charge in [0.05, 0.1) is 6.04 Å². The van der Waals surface area contributed by atoms with Crippen molar-refractivity contribution in [2.75, 3.05) is 7.05 Å². The Labute approximate surface area is 133 Å². The van der Waals surface area contributed by atoms with Crippen molar-refractivity contribution in [2.24, 2.45) is 0 Å². The summed E-state index contributed by atoms with van der Waals surface area (Å²) in [4.78, 5) is 5.44. The van der Waals surface area contributed by atoms with Crippen LogP contribution in [0.5, 0.6) is 0 Å². The maximum Gasteiger partial charge on any atom is 0.250 e. The molecule has 2 rings (SSSR count). The molecule has 116 valence electrons. The Morgan fingerprint density at radius 3 is 2.81 bits per heavy atom. The third kappa shape index (κ3) is 4.10. The van der Waals surface area contributed by atoms with E-state index in [1.165, 1.54) is 11.3 Å². The SMILES string of the molecule is CCc1cnc(C(C)NS(=O)(=O)c2cc(CNC)cs2)s1. The van der Waals surface area contributed by atoms with Crippen LogP contribution in [-0.4, -0.2) is 20.4 Å². The van der Waals surface area contributed by atoms with Crippen molar-refractivity contribution >= 4 is 32.7 Å². The van der Waals surface area contributed by atoms with Crippen molar-refractivity contribution in [1.82, 2.24) is 15.0 Å². The smallest absolute Gasteiger partial charge is 0.250 e. The first-order chi connectivity index (χ1) is 9.96. The third-order valence-corrected chi connectivity index (χ3v) is 7.25. The molecule has 8 heteroatoms. The van der Waals surface area contributed by atoms with E-state index < -0.39 is 10.0 Å². The average molecular weight is 346 g/mol. The van der Waals surface area contributed by atoms with Gasteiger partial charge in [0.15, 0.2) is 0 Å². The van der Waals surface area contributed by atoms with E-state index in [0.717, 1.165) is 21.9 Å². The van der Waals surface area contributed by atoms with Crippen molar-refractivity contribution < 1.29 is 8.42 Å². The van der Waals surface area contributed by atoms with Gasteiger partial charge in [0.25, 0.3) is 10.0 Å². The van der Waals surface area contributed by atoms with Crippen LogP contribution in [0.15, 0.2) is 21.9 Å². The quantitative estimate of drug-likeness (QED) is 0.809. The molecule has 0 bridgehead atoms. The number of aromatic nitrogens is 1. The number of rotatable bonds is 7. The molecule has 0 amide bonds. The summed E-state index contributed by atoms with van der Waals surface area (Å²) in [7, 11) is -1.66. The minimum Gasteiger partial charge on any atom is -0.316 e. The second kappa shape index (κ2) is 6.97. The van der Waals surface area contributed by atoms with Crippen molar-refractivity contribution in [1.29, 1.82) is 0 Å². The normalized spacial score (nSPS) is 13.5. The molecule has 0 aliphatic rings. The van der Waals surface area contributed by atoms with Gasteiger partial charge in [-0.2, -0.15) is 0 Å². The number of thiazole rings is 1. The van der Waals surface area contributed by atoms with Gasteiger partial charge in [-0.15, -0.1) is 22.7 Å². The van der Waals surface area contributed by atoms with Gasteiger partial charge in [-0.3, -0.25) is 0 Å². The van der Waals surface area contributed by atoms with Crippen LogP contribution in [-0.2, 0) is 23.0 Å². The first kappa shape index (κ1) is 16.6. The molecule has 0 fully saturated rings. The molecule has 0 aromatic carbocycles. The highest BCUT2D eigenvalue weighted by molar-refractivity contribution is 7.91. The fourth-order valence-corrected chi connectivity index (χ4v) is 5.19. The first-order valence-electron chi connectivity index (χ1n) is 6.65. The van der Waals surface area contributed by atoms with Crippen LogP contribution in [0.4, 0.5) is 0 Å². The Kier molecular flexibility index (Phi) is 5.50. The van der Waals surface area contributed by atoms with Gasteiger partial charge in [-0.1, -0.05) is 6.92 Å². The monoisotopic (exact) mass is 345 g/mol. The number of sulfonamides is 1. The Balaban J connectivity index is 2.12. The molecule has 0 saturated heterocycles. The Morgan fingerprint density at radius 2 is 2.19 bits per heavy atom. The second-order valence-corrected chi connectivity index (χ2v) is 8.66. The molecule has 2 aromatic rings. The summed E-state index contributed by atoms with van der Waals surface area (Å²) in [5, 5.41) is 5.66. The number of thiophene rings is 1. The molecule has 0 radical (unpaired) electrons. The predicted octanol–water partition coefficient (Wildman–Crippen LogP) is 2.53. The highest BCUT2D eigenvalue weighted by Crippen LogP contribution is 2.25. The molecule has 1 unspecified atom stereocenters. The maximum atomic E-state index is 12.4. The first-order valence-corrected chi connectivity index (χ1v) is 9.83. The zero-order valence-corrected chi connectivity index (χ0v) is 14.7. The third-order valence-electron chi connectivity index (χ3n) is 2.90. The molecule has 5 nitrogen and oxygen atoms in total. The minimum absolute atomic E-state index is 0.324.